The first-order valence-electron chi connectivity index (χ1n) is 6.82. The van der Waals surface area contributed by atoms with Crippen LogP contribution in [-0.4, -0.2) is 40.3 Å². The summed E-state index contributed by atoms with van der Waals surface area (Å²) in [6.45, 7) is 7.37. The second kappa shape index (κ2) is 5.39. The number of carbonyl (C=O) groups excluding carboxylic acids is 1. The number of nitrogens with zero attached hydrogens (tertiary/aromatic N) is 1. The van der Waals surface area contributed by atoms with Crippen molar-refractivity contribution < 1.29 is 19.4 Å². The molecule has 1 fully saturated rings. The highest BCUT2D eigenvalue weighted by molar-refractivity contribution is 5.84. The second-order valence-corrected chi connectivity index (χ2v) is 6.39. The monoisotopic (exact) mass is 271 g/mol. The molecule has 2 unspecified atom stereocenters. The third-order valence-corrected chi connectivity index (χ3v) is 3.88. The van der Waals surface area contributed by atoms with E-state index in [4.69, 9.17) is 4.74 Å². The molecule has 0 aliphatic heterocycles. The lowest BCUT2D eigenvalue weighted by Gasteiger charge is -2.36. The van der Waals surface area contributed by atoms with Gasteiger partial charge in [0.05, 0.1) is 0 Å². The summed E-state index contributed by atoms with van der Waals surface area (Å²) in [6, 6.07) is 0. The number of likely N-dealkylation sites (N-methyl/N-ethyl adjacent to an activating group) is 1. The predicted molar refractivity (Wildman–Crippen MR) is 72.0 cm³/mol. The van der Waals surface area contributed by atoms with Gasteiger partial charge in [0.1, 0.15) is 11.1 Å². The van der Waals surface area contributed by atoms with E-state index in [1.807, 2.05) is 0 Å². The Hall–Kier alpha value is -1.26. The summed E-state index contributed by atoms with van der Waals surface area (Å²) in [5, 5.41) is 9.55. The highest BCUT2D eigenvalue weighted by atomic mass is 16.6. The van der Waals surface area contributed by atoms with Crippen molar-refractivity contribution in [1.82, 2.24) is 4.90 Å². The summed E-state index contributed by atoms with van der Waals surface area (Å²) in [4.78, 5) is 25.0. The lowest BCUT2D eigenvalue weighted by Crippen LogP contribution is -2.54. The van der Waals surface area contributed by atoms with Crippen LogP contribution in [0.3, 0.4) is 0 Å². The summed E-state index contributed by atoms with van der Waals surface area (Å²) in [6.07, 6.45) is 2.23. The van der Waals surface area contributed by atoms with E-state index in [1.54, 1.807) is 20.8 Å². The standard InChI is InChI=1S/C14H25NO4/c1-6-10-7-8-14(9-10,11(16)17)15(5)12(18)19-13(2,3)4/h10H,6-9H2,1-5H3,(H,16,17). The van der Waals surface area contributed by atoms with E-state index in [9.17, 15) is 14.7 Å². The minimum Gasteiger partial charge on any atom is -0.479 e. The molecule has 1 N–H and O–H groups in total. The van der Waals surface area contributed by atoms with Gasteiger partial charge < -0.3 is 9.84 Å². The Balaban J connectivity index is 2.89. The average molecular weight is 271 g/mol. The average Bonchev–Trinajstić information content (AvgIpc) is 2.71. The number of carboxylic acids is 1. The Kier molecular flexibility index (Phi) is 4.48. The van der Waals surface area contributed by atoms with Gasteiger partial charge in [-0.1, -0.05) is 13.3 Å². The molecule has 2 atom stereocenters. The molecule has 110 valence electrons. The lowest BCUT2D eigenvalue weighted by molar-refractivity contribution is -0.150. The molecule has 0 aromatic rings. The van der Waals surface area contributed by atoms with Crippen molar-refractivity contribution in [3.8, 4) is 0 Å². The van der Waals surface area contributed by atoms with Crippen molar-refractivity contribution in [2.75, 3.05) is 7.05 Å². The van der Waals surface area contributed by atoms with E-state index >= 15 is 0 Å². The zero-order chi connectivity index (χ0) is 14.8. The van der Waals surface area contributed by atoms with Gasteiger partial charge in [0.25, 0.3) is 0 Å². The summed E-state index contributed by atoms with van der Waals surface area (Å²) in [7, 11) is 1.53. The molecular weight excluding hydrogens is 246 g/mol. The zero-order valence-corrected chi connectivity index (χ0v) is 12.5. The molecule has 19 heavy (non-hydrogen) atoms. The quantitative estimate of drug-likeness (QED) is 0.857. The van der Waals surface area contributed by atoms with Crippen LogP contribution < -0.4 is 0 Å². The normalized spacial score (nSPS) is 27.1. The molecule has 0 aromatic heterocycles. The van der Waals surface area contributed by atoms with Crippen LogP contribution in [0.1, 0.15) is 53.4 Å². The van der Waals surface area contributed by atoms with Crippen LogP contribution in [-0.2, 0) is 9.53 Å². The maximum Gasteiger partial charge on any atom is 0.410 e. The maximum absolute atomic E-state index is 12.1. The molecule has 1 rings (SSSR count). The predicted octanol–water partition coefficient (Wildman–Crippen LogP) is 2.89. The number of amides is 1. The first-order valence-corrected chi connectivity index (χ1v) is 6.82. The Morgan fingerprint density at radius 1 is 1.42 bits per heavy atom. The number of carbonyl (C=O) groups is 2. The highest BCUT2D eigenvalue weighted by Gasteiger charge is 2.50. The van der Waals surface area contributed by atoms with Gasteiger partial charge in [-0.3, -0.25) is 4.90 Å². The topological polar surface area (TPSA) is 66.8 Å². The van der Waals surface area contributed by atoms with E-state index in [0.29, 0.717) is 18.8 Å². The molecule has 5 heteroatoms. The van der Waals surface area contributed by atoms with Gasteiger partial charge in [-0.15, -0.1) is 0 Å². The first kappa shape index (κ1) is 15.8. The summed E-state index contributed by atoms with van der Waals surface area (Å²) >= 11 is 0. The number of hydrogen-bond donors (Lipinski definition) is 1. The molecule has 0 aromatic carbocycles. The van der Waals surface area contributed by atoms with Crippen LogP contribution >= 0.6 is 0 Å². The van der Waals surface area contributed by atoms with Crippen LogP contribution in [0.2, 0.25) is 0 Å². The molecule has 1 aliphatic rings. The van der Waals surface area contributed by atoms with Crippen molar-refractivity contribution in [1.29, 1.82) is 0 Å². The molecule has 0 spiro atoms. The Bertz CT molecular complexity index is 361. The fraction of sp³-hybridized carbons (Fsp3) is 0.857. The van der Waals surface area contributed by atoms with Crippen molar-refractivity contribution in [3.63, 3.8) is 0 Å². The van der Waals surface area contributed by atoms with Gasteiger partial charge in [-0.05, 0) is 46.0 Å². The van der Waals surface area contributed by atoms with Crippen LogP contribution in [0.15, 0.2) is 0 Å². The van der Waals surface area contributed by atoms with Gasteiger partial charge >= 0.3 is 12.1 Å². The van der Waals surface area contributed by atoms with Crippen LogP contribution in [0.4, 0.5) is 4.79 Å². The van der Waals surface area contributed by atoms with Gasteiger partial charge in [0.2, 0.25) is 0 Å². The van der Waals surface area contributed by atoms with Crippen molar-refractivity contribution in [2.45, 2.75) is 64.5 Å². The molecule has 5 nitrogen and oxygen atoms in total. The van der Waals surface area contributed by atoms with E-state index in [0.717, 1.165) is 12.8 Å². The molecule has 0 heterocycles. The minimum atomic E-state index is -1.11. The largest absolute Gasteiger partial charge is 0.479 e. The van der Waals surface area contributed by atoms with E-state index in [2.05, 4.69) is 6.92 Å². The molecule has 1 amide bonds. The van der Waals surface area contributed by atoms with Crippen molar-refractivity contribution in [2.24, 2.45) is 5.92 Å². The highest BCUT2D eigenvalue weighted by Crippen LogP contribution is 2.40. The van der Waals surface area contributed by atoms with Crippen LogP contribution in [0.25, 0.3) is 0 Å². The fourth-order valence-corrected chi connectivity index (χ4v) is 2.62. The van der Waals surface area contributed by atoms with Gasteiger partial charge in [-0.2, -0.15) is 0 Å². The smallest absolute Gasteiger partial charge is 0.410 e. The second-order valence-electron chi connectivity index (χ2n) is 6.39. The number of rotatable bonds is 3. The van der Waals surface area contributed by atoms with E-state index in [-0.39, 0.29) is 0 Å². The number of carboxylic acid groups (broad SMARTS) is 1. The fourth-order valence-electron chi connectivity index (χ4n) is 2.62. The van der Waals surface area contributed by atoms with Gasteiger partial charge in [-0.25, -0.2) is 9.59 Å². The summed E-state index contributed by atoms with van der Waals surface area (Å²) < 4.78 is 5.28. The van der Waals surface area contributed by atoms with E-state index in [1.165, 1.54) is 11.9 Å². The Morgan fingerprint density at radius 3 is 2.37 bits per heavy atom. The third-order valence-electron chi connectivity index (χ3n) is 3.88. The Morgan fingerprint density at radius 2 is 2.00 bits per heavy atom. The number of aliphatic carboxylic acids is 1. The maximum atomic E-state index is 12.1. The third kappa shape index (κ3) is 3.39. The van der Waals surface area contributed by atoms with Crippen molar-refractivity contribution >= 4 is 12.1 Å². The molecular formula is C14H25NO4. The summed E-state index contributed by atoms with van der Waals surface area (Å²) in [5.41, 5.74) is -1.73. The SMILES string of the molecule is CCC1CCC(C(=O)O)(N(C)C(=O)OC(C)(C)C)C1. The Labute approximate surface area is 114 Å². The van der Waals surface area contributed by atoms with Crippen LogP contribution in [0.5, 0.6) is 0 Å². The number of ether oxygens (including phenoxy) is 1. The zero-order valence-electron chi connectivity index (χ0n) is 12.5. The molecule has 0 bridgehead atoms. The lowest BCUT2D eigenvalue weighted by atomic mass is 9.93. The van der Waals surface area contributed by atoms with Gasteiger partial charge in [0, 0.05) is 7.05 Å². The summed E-state index contributed by atoms with van der Waals surface area (Å²) in [5.74, 6) is -0.571. The minimum absolute atomic E-state index is 0.362. The molecule has 1 saturated carbocycles. The van der Waals surface area contributed by atoms with Gasteiger partial charge in [0.15, 0.2) is 0 Å². The molecule has 0 radical (unpaired) electrons. The number of hydrogen-bond acceptors (Lipinski definition) is 3. The molecule has 0 saturated heterocycles. The van der Waals surface area contributed by atoms with Crippen molar-refractivity contribution in [3.05, 3.63) is 0 Å². The first-order chi connectivity index (χ1) is 8.62. The molecule has 1 aliphatic carbocycles. The van der Waals surface area contributed by atoms with E-state index < -0.39 is 23.2 Å². The van der Waals surface area contributed by atoms with Crippen LogP contribution in [0, 0.1) is 5.92 Å².